The SMILES string of the molecule is COc1ccc([C@@H]2Nc3ccccc3C(=O)N2c2cccc3ccccc23)cc1COc1ccc(Cl)cc1. The molecule has 1 aliphatic rings. The highest BCUT2D eigenvalue weighted by Gasteiger charge is 2.35. The molecule has 6 rings (SSSR count). The summed E-state index contributed by atoms with van der Waals surface area (Å²) in [4.78, 5) is 15.9. The first-order valence-corrected chi connectivity index (χ1v) is 12.7. The lowest BCUT2D eigenvalue weighted by Gasteiger charge is -2.39. The Morgan fingerprint density at radius 2 is 1.63 bits per heavy atom. The number of benzene rings is 5. The van der Waals surface area contributed by atoms with Gasteiger partial charge in [-0.25, -0.2) is 0 Å². The molecule has 5 nitrogen and oxygen atoms in total. The lowest BCUT2D eigenvalue weighted by atomic mass is 9.99. The summed E-state index contributed by atoms with van der Waals surface area (Å²) in [6.45, 7) is 0.296. The molecule has 6 heteroatoms. The zero-order valence-electron chi connectivity index (χ0n) is 20.7. The first kappa shape index (κ1) is 23.9. The van der Waals surface area contributed by atoms with Gasteiger partial charge in [0, 0.05) is 21.7 Å². The number of methoxy groups -OCH3 is 1. The van der Waals surface area contributed by atoms with Gasteiger partial charge in [-0.05, 0) is 65.5 Å². The second-order valence-corrected chi connectivity index (χ2v) is 9.52. The van der Waals surface area contributed by atoms with Gasteiger partial charge in [0.15, 0.2) is 0 Å². The number of para-hydroxylation sites is 1. The van der Waals surface area contributed by atoms with Crippen molar-refractivity contribution in [3.05, 3.63) is 131 Å². The van der Waals surface area contributed by atoms with E-state index in [9.17, 15) is 4.79 Å². The number of nitrogens with zero attached hydrogens (tertiary/aromatic N) is 1. The minimum Gasteiger partial charge on any atom is -0.496 e. The van der Waals surface area contributed by atoms with Gasteiger partial charge in [0.2, 0.25) is 0 Å². The van der Waals surface area contributed by atoms with Crippen molar-refractivity contribution in [2.24, 2.45) is 0 Å². The summed E-state index contributed by atoms with van der Waals surface area (Å²) in [5.41, 5.74) is 4.06. The molecule has 0 spiro atoms. The summed E-state index contributed by atoms with van der Waals surface area (Å²) >= 11 is 6.02. The Kier molecular flexibility index (Phi) is 6.36. The second-order valence-electron chi connectivity index (χ2n) is 9.08. The maximum Gasteiger partial charge on any atom is 0.262 e. The molecule has 0 unspecified atom stereocenters. The predicted molar refractivity (Wildman–Crippen MR) is 152 cm³/mol. The first-order chi connectivity index (χ1) is 18.6. The summed E-state index contributed by atoms with van der Waals surface area (Å²) in [5.74, 6) is 1.36. The van der Waals surface area contributed by atoms with E-state index in [1.54, 1.807) is 19.2 Å². The van der Waals surface area contributed by atoms with E-state index in [1.807, 2.05) is 83.8 Å². The average Bonchev–Trinajstić information content (AvgIpc) is 2.96. The lowest BCUT2D eigenvalue weighted by molar-refractivity contribution is 0.0975. The van der Waals surface area contributed by atoms with E-state index in [4.69, 9.17) is 21.1 Å². The van der Waals surface area contributed by atoms with Gasteiger partial charge < -0.3 is 14.8 Å². The fourth-order valence-electron chi connectivity index (χ4n) is 4.93. The number of hydrogen-bond acceptors (Lipinski definition) is 4. The molecule has 5 aromatic carbocycles. The van der Waals surface area contributed by atoms with Crippen molar-refractivity contribution in [2.75, 3.05) is 17.3 Å². The number of carbonyl (C=O) groups excluding carboxylic acids is 1. The Bertz CT molecular complexity index is 1630. The van der Waals surface area contributed by atoms with E-state index in [1.165, 1.54) is 0 Å². The lowest BCUT2D eigenvalue weighted by Crippen LogP contribution is -2.43. The fourth-order valence-corrected chi connectivity index (χ4v) is 5.05. The summed E-state index contributed by atoms with van der Waals surface area (Å²) < 4.78 is 11.7. The van der Waals surface area contributed by atoms with Crippen LogP contribution in [0.4, 0.5) is 11.4 Å². The summed E-state index contributed by atoms with van der Waals surface area (Å²) in [7, 11) is 1.64. The molecular formula is C32H25ClN2O3. The highest BCUT2D eigenvalue weighted by atomic mass is 35.5. The third kappa shape index (κ3) is 4.42. The maximum atomic E-state index is 14.0. The molecule has 1 atom stereocenters. The van der Waals surface area contributed by atoms with Crippen LogP contribution in [0.3, 0.4) is 0 Å². The zero-order chi connectivity index (χ0) is 26.1. The van der Waals surface area contributed by atoms with Gasteiger partial charge in [-0.3, -0.25) is 9.69 Å². The average molecular weight is 521 g/mol. The quantitative estimate of drug-likeness (QED) is 0.247. The molecule has 0 fully saturated rings. The van der Waals surface area contributed by atoms with E-state index in [0.29, 0.717) is 28.7 Å². The normalized spacial score (nSPS) is 14.6. The van der Waals surface area contributed by atoms with Crippen LogP contribution >= 0.6 is 11.6 Å². The van der Waals surface area contributed by atoms with Crippen molar-refractivity contribution in [1.29, 1.82) is 0 Å². The number of anilines is 2. The van der Waals surface area contributed by atoms with E-state index in [0.717, 1.165) is 33.3 Å². The van der Waals surface area contributed by atoms with Crippen LogP contribution in [0.25, 0.3) is 10.8 Å². The second kappa shape index (κ2) is 10.1. The first-order valence-electron chi connectivity index (χ1n) is 12.3. The van der Waals surface area contributed by atoms with Gasteiger partial charge in [0.05, 0.1) is 18.4 Å². The molecule has 38 heavy (non-hydrogen) atoms. The summed E-state index contributed by atoms with van der Waals surface area (Å²) in [5, 5.41) is 6.34. The van der Waals surface area contributed by atoms with E-state index < -0.39 is 6.17 Å². The minimum atomic E-state index is -0.441. The Hall–Kier alpha value is -4.48. The molecule has 188 valence electrons. The molecule has 0 bridgehead atoms. The van der Waals surface area contributed by atoms with Crippen LogP contribution in [0, 0.1) is 0 Å². The predicted octanol–water partition coefficient (Wildman–Crippen LogP) is 7.85. The number of nitrogens with one attached hydrogen (secondary N) is 1. The van der Waals surface area contributed by atoms with Crippen molar-refractivity contribution in [3.8, 4) is 11.5 Å². The van der Waals surface area contributed by atoms with Crippen molar-refractivity contribution in [2.45, 2.75) is 12.8 Å². The monoisotopic (exact) mass is 520 g/mol. The van der Waals surface area contributed by atoms with Gasteiger partial charge >= 0.3 is 0 Å². The highest BCUT2D eigenvalue weighted by Crippen LogP contribution is 2.40. The van der Waals surface area contributed by atoms with Crippen LogP contribution < -0.4 is 19.7 Å². The smallest absolute Gasteiger partial charge is 0.262 e. The molecule has 5 aromatic rings. The van der Waals surface area contributed by atoms with Crippen LogP contribution in [-0.4, -0.2) is 13.0 Å². The van der Waals surface area contributed by atoms with Gasteiger partial charge in [-0.15, -0.1) is 0 Å². The van der Waals surface area contributed by atoms with Crippen LogP contribution in [0.15, 0.2) is 109 Å². The number of rotatable bonds is 6. The topological polar surface area (TPSA) is 50.8 Å². The Morgan fingerprint density at radius 1 is 0.868 bits per heavy atom. The Balaban J connectivity index is 1.44. The van der Waals surface area contributed by atoms with Crippen molar-refractivity contribution in [3.63, 3.8) is 0 Å². The third-order valence-electron chi connectivity index (χ3n) is 6.78. The largest absolute Gasteiger partial charge is 0.496 e. The van der Waals surface area contributed by atoms with Crippen LogP contribution in [0.5, 0.6) is 11.5 Å². The van der Waals surface area contributed by atoms with Gasteiger partial charge in [-0.2, -0.15) is 0 Å². The van der Waals surface area contributed by atoms with Gasteiger partial charge in [-0.1, -0.05) is 66.2 Å². The van der Waals surface area contributed by atoms with Crippen molar-refractivity contribution < 1.29 is 14.3 Å². The molecule has 0 radical (unpaired) electrons. The molecule has 1 aliphatic heterocycles. The van der Waals surface area contributed by atoms with Crippen LogP contribution in [0.1, 0.15) is 27.7 Å². The summed E-state index contributed by atoms with van der Waals surface area (Å²) in [6, 6.07) is 35.0. The number of fused-ring (bicyclic) bond motifs is 2. The van der Waals surface area contributed by atoms with Gasteiger partial charge in [0.25, 0.3) is 5.91 Å². The van der Waals surface area contributed by atoms with E-state index >= 15 is 0 Å². The zero-order valence-corrected chi connectivity index (χ0v) is 21.5. The van der Waals surface area contributed by atoms with Crippen LogP contribution in [-0.2, 0) is 6.61 Å². The third-order valence-corrected chi connectivity index (χ3v) is 7.03. The number of amides is 1. The fraction of sp³-hybridized carbons (Fsp3) is 0.0938. The van der Waals surface area contributed by atoms with Crippen LogP contribution in [0.2, 0.25) is 5.02 Å². The molecule has 0 saturated heterocycles. The number of hydrogen-bond donors (Lipinski definition) is 1. The van der Waals surface area contributed by atoms with E-state index in [2.05, 4.69) is 23.5 Å². The summed E-state index contributed by atoms with van der Waals surface area (Å²) in [6.07, 6.45) is -0.441. The molecule has 0 aromatic heterocycles. The number of halogens is 1. The van der Waals surface area contributed by atoms with Crippen molar-refractivity contribution >= 4 is 39.7 Å². The minimum absolute atomic E-state index is 0.0597. The number of carbonyl (C=O) groups is 1. The molecule has 0 aliphatic carbocycles. The molecular weight excluding hydrogens is 496 g/mol. The Morgan fingerprint density at radius 3 is 2.47 bits per heavy atom. The molecule has 1 N–H and O–H groups in total. The standard InChI is InChI=1S/C32H25ClN2O3/c1-37-30-18-13-22(19-23(30)20-38-25-16-14-24(33)15-17-25)31-34-28-11-5-4-10-27(28)32(36)35(31)29-12-6-8-21-7-2-3-9-26(21)29/h2-19,31,34H,20H2,1H3/t31-/m1/s1. The maximum absolute atomic E-state index is 14.0. The molecule has 0 saturated carbocycles. The highest BCUT2D eigenvalue weighted by molar-refractivity contribution is 6.30. The molecule has 1 amide bonds. The molecule has 1 heterocycles. The van der Waals surface area contributed by atoms with Crippen molar-refractivity contribution in [1.82, 2.24) is 0 Å². The van der Waals surface area contributed by atoms with Gasteiger partial charge in [0.1, 0.15) is 24.3 Å². The number of ether oxygens (including phenoxy) is 2. The Labute approximate surface area is 226 Å². The van der Waals surface area contributed by atoms with E-state index in [-0.39, 0.29) is 5.91 Å².